The summed E-state index contributed by atoms with van der Waals surface area (Å²) in [4.78, 5) is 27.3. The van der Waals surface area contributed by atoms with Crippen molar-refractivity contribution < 1.29 is 19.1 Å². The standard InChI is InChI=1S/C20H30FN3O3/c1-12(13-6-8-14(21)9-7-13)23-18(26)16-10-15(25)11-24(16)19(27)17(22-5)20(2,3)4/h6-9,12,15-17,22,25H,10-11H2,1-5H3,(H,23,26)/t12-,15+,16-,17?/m0/s1. The monoisotopic (exact) mass is 379 g/mol. The molecule has 0 radical (unpaired) electrons. The Balaban J connectivity index is 2.13. The van der Waals surface area contributed by atoms with E-state index in [2.05, 4.69) is 10.6 Å². The van der Waals surface area contributed by atoms with Gasteiger partial charge < -0.3 is 20.6 Å². The van der Waals surface area contributed by atoms with Crippen LogP contribution in [0.5, 0.6) is 0 Å². The van der Waals surface area contributed by atoms with Crippen LogP contribution in [0.15, 0.2) is 24.3 Å². The maximum atomic E-state index is 13.1. The van der Waals surface area contributed by atoms with Crippen LogP contribution in [0.4, 0.5) is 4.39 Å². The molecule has 1 unspecified atom stereocenters. The molecule has 1 aliphatic heterocycles. The number of β-amino-alcohol motifs (C(OH)–C–C–N with tert-alkyl or cyclic N) is 1. The zero-order valence-electron chi connectivity index (χ0n) is 16.6. The Hall–Kier alpha value is -1.99. The molecular weight excluding hydrogens is 349 g/mol. The van der Waals surface area contributed by atoms with Crippen molar-refractivity contribution in [2.45, 2.75) is 58.3 Å². The number of likely N-dealkylation sites (N-methyl/N-ethyl adjacent to an activating group) is 1. The number of likely N-dealkylation sites (tertiary alicyclic amines) is 1. The smallest absolute Gasteiger partial charge is 0.243 e. The third-order valence-corrected chi connectivity index (χ3v) is 5.00. The number of rotatable bonds is 5. The summed E-state index contributed by atoms with van der Waals surface area (Å²) in [5.74, 6) is -0.857. The van der Waals surface area contributed by atoms with Crippen molar-refractivity contribution in [3.8, 4) is 0 Å². The van der Waals surface area contributed by atoms with E-state index in [4.69, 9.17) is 0 Å². The summed E-state index contributed by atoms with van der Waals surface area (Å²) in [6, 6.07) is 4.38. The Morgan fingerprint density at radius 2 is 1.85 bits per heavy atom. The number of hydrogen-bond donors (Lipinski definition) is 3. The largest absolute Gasteiger partial charge is 0.391 e. The summed E-state index contributed by atoms with van der Waals surface area (Å²) in [6.07, 6.45) is -0.530. The molecule has 1 heterocycles. The fourth-order valence-corrected chi connectivity index (χ4v) is 3.54. The predicted molar refractivity (Wildman–Crippen MR) is 101 cm³/mol. The molecule has 0 aromatic heterocycles. The van der Waals surface area contributed by atoms with Crippen LogP contribution in [-0.4, -0.2) is 53.6 Å². The molecule has 0 aliphatic carbocycles. The molecule has 7 heteroatoms. The van der Waals surface area contributed by atoms with Crippen molar-refractivity contribution in [1.82, 2.24) is 15.5 Å². The lowest BCUT2D eigenvalue weighted by Crippen LogP contribution is -2.56. The zero-order chi connectivity index (χ0) is 20.4. The Labute approximate surface area is 160 Å². The van der Waals surface area contributed by atoms with Gasteiger partial charge in [0.1, 0.15) is 11.9 Å². The first-order valence-corrected chi connectivity index (χ1v) is 9.26. The van der Waals surface area contributed by atoms with Gasteiger partial charge in [-0.05, 0) is 37.1 Å². The molecule has 1 aromatic rings. The molecule has 150 valence electrons. The Morgan fingerprint density at radius 1 is 1.26 bits per heavy atom. The Morgan fingerprint density at radius 3 is 2.37 bits per heavy atom. The van der Waals surface area contributed by atoms with E-state index >= 15 is 0 Å². The molecule has 4 atom stereocenters. The van der Waals surface area contributed by atoms with Crippen LogP contribution in [0.1, 0.15) is 45.7 Å². The second-order valence-corrected chi connectivity index (χ2v) is 8.27. The van der Waals surface area contributed by atoms with Gasteiger partial charge in [-0.25, -0.2) is 4.39 Å². The molecule has 2 rings (SSSR count). The second kappa shape index (κ2) is 8.35. The highest BCUT2D eigenvalue weighted by Crippen LogP contribution is 2.26. The van der Waals surface area contributed by atoms with Crippen molar-refractivity contribution in [2.24, 2.45) is 5.41 Å². The number of hydrogen-bond acceptors (Lipinski definition) is 4. The van der Waals surface area contributed by atoms with Gasteiger partial charge in [0.25, 0.3) is 0 Å². The first-order valence-electron chi connectivity index (χ1n) is 9.26. The molecule has 0 spiro atoms. The first kappa shape index (κ1) is 21.3. The molecular formula is C20H30FN3O3. The van der Waals surface area contributed by atoms with Gasteiger partial charge in [0.15, 0.2) is 0 Å². The van der Waals surface area contributed by atoms with Gasteiger partial charge in [-0.15, -0.1) is 0 Å². The van der Waals surface area contributed by atoms with E-state index in [0.717, 1.165) is 5.56 Å². The lowest BCUT2D eigenvalue weighted by atomic mass is 9.86. The molecule has 27 heavy (non-hydrogen) atoms. The van der Waals surface area contributed by atoms with E-state index in [1.54, 1.807) is 26.1 Å². The Bertz CT molecular complexity index is 672. The molecule has 6 nitrogen and oxygen atoms in total. The average molecular weight is 379 g/mol. The van der Waals surface area contributed by atoms with Crippen LogP contribution < -0.4 is 10.6 Å². The summed E-state index contributed by atoms with van der Waals surface area (Å²) < 4.78 is 13.1. The van der Waals surface area contributed by atoms with Gasteiger partial charge in [-0.1, -0.05) is 32.9 Å². The van der Waals surface area contributed by atoms with Gasteiger partial charge in [-0.2, -0.15) is 0 Å². The van der Waals surface area contributed by atoms with Gasteiger partial charge in [0, 0.05) is 13.0 Å². The quantitative estimate of drug-likeness (QED) is 0.726. The number of halogens is 1. The summed E-state index contributed by atoms with van der Waals surface area (Å²) in [5.41, 5.74) is 0.436. The van der Waals surface area contributed by atoms with E-state index in [0.29, 0.717) is 0 Å². The number of amides is 2. The number of nitrogens with zero attached hydrogens (tertiary/aromatic N) is 1. The highest BCUT2D eigenvalue weighted by Gasteiger charge is 2.43. The molecule has 3 N–H and O–H groups in total. The van der Waals surface area contributed by atoms with E-state index < -0.39 is 18.2 Å². The minimum absolute atomic E-state index is 0.135. The molecule has 0 bridgehead atoms. The molecule has 1 saturated heterocycles. The van der Waals surface area contributed by atoms with E-state index in [-0.39, 0.29) is 42.1 Å². The van der Waals surface area contributed by atoms with Crippen molar-refractivity contribution >= 4 is 11.8 Å². The minimum Gasteiger partial charge on any atom is -0.391 e. The van der Waals surface area contributed by atoms with Crippen LogP contribution in [-0.2, 0) is 9.59 Å². The molecule has 2 amide bonds. The predicted octanol–water partition coefficient (Wildman–Crippen LogP) is 1.60. The summed E-state index contributed by atoms with van der Waals surface area (Å²) >= 11 is 0. The fraction of sp³-hybridized carbons (Fsp3) is 0.600. The van der Waals surface area contributed by atoms with E-state index in [1.807, 2.05) is 20.8 Å². The average Bonchev–Trinajstić information content (AvgIpc) is 2.96. The van der Waals surface area contributed by atoms with Crippen LogP contribution in [0.2, 0.25) is 0 Å². The SMILES string of the molecule is CNC(C(=O)N1C[C@H](O)C[C@H]1C(=O)N[C@@H](C)c1ccc(F)cc1)C(C)(C)C. The third-order valence-electron chi connectivity index (χ3n) is 5.00. The highest BCUT2D eigenvalue weighted by molar-refractivity contribution is 5.91. The van der Waals surface area contributed by atoms with Gasteiger partial charge >= 0.3 is 0 Å². The van der Waals surface area contributed by atoms with Crippen molar-refractivity contribution in [2.75, 3.05) is 13.6 Å². The van der Waals surface area contributed by atoms with Crippen LogP contribution in [0.3, 0.4) is 0 Å². The topological polar surface area (TPSA) is 81.7 Å². The fourth-order valence-electron chi connectivity index (χ4n) is 3.54. The molecule has 0 saturated carbocycles. The molecule has 1 aliphatic rings. The third kappa shape index (κ3) is 5.05. The number of carbonyl (C=O) groups excluding carboxylic acids is 2. The number of benzene rings is 1. The van der Waals surface area contributed by atoms with Crippen LogP contribution in [0, 0.1) is 11.2 Å². The minimum atomic E-state index is -0.733. The Kier molecular flexibility index (Phi) is 6.59. The zero-order valence-corrected chi connectivity index (χ0v) is 16.6. The maximum Gasteiger partial charge on any atom is 0.243 e. The van der Waals surface area contributed by atoms with Crippen LogP contribution in [0.25, 0.3) is 0 Å². The number of carbonyl (C=O) groups is 2. The van der Waals surface area contributed by atoms with Crippen molar-refractivity contribution in [1.29, 1.82) is 0 Å². The van der Waals surface area contributed by atoms with Gasteiger partial charge in [0.2, 0.25) is 11.8 Å². The van der Waals surface area contributed by atoms with Gasteiger partial charge in [0.05, 0.1) is 18.2 Å². The van der Waals surface area contributed by atoms with Crippen LogP contribution >= 0.6 is 0 Å². The molecule has 1 fully saturated rings. The molecule has 1 aromatic carbocycles. The second-order valence-electron chi connectivity index (χ2n) is 8.27. The highest BCUT2D eigenvalue weighted by atomic mass is 19.1. The number of aliphatic hydroxyl groups excluding tert-OH is 1. The van der Waals surface area contributed by atoms with E-state index in [9.17, 15) is 19.1 Å². The van der Waals surface area contributed by atoms with Crippen molar-refractivity contribution in [3.63, 3.8) is 0 Å². The lowest BCUT2D eigenvalue weighted by Gasteiger charge is -2.34. The summed E-state index contributed by atoms with van der Waals surface area (Å²) in [6.45, 7) is 7.78. The number of nitrogens with one attached hydrogen (secondary N) is 2. The van der Waals surface area contributed by atoms with E-state index in [1.165, 1.54) is 17.0 Å². The normalized spacial score (nSPS) is 22.4. The van der Waals surface area contributed by atoms with Gasteiger partial charge in [-0.3, -0.25) is 9.59 Å². The van der Waals surface area contributed by atoms with Crippen molar-refractivity contribution in [3.05, 3.63) is 35.6 Å². The summed E-state index contributed by atoms with van der Waals surface area (Å²) in [5, 5.41) is 16.0. The summed E-state index contributed by atoms with van der Waals surface area (Å²) in [7, 11) is 1.71. The first-order chi connectivity index (χ1) is 12.5. The number of aliphatic hydroxyl groups is 1. The lowest BCUT2D eigenvalue weighted by molar-refractivity contribution is -0.142. The maximum absolute atomic E-state index is 13.1.